The first-order valence-corrected chi connectivity index (χ1v) is 5.45. The lowest BCUT2D eigenvalue weighted by molar-refractivity contribution is 0.0632. The van der Waals surface area contributed by atoms with Gasteiger partial charge in [0.05, 0.1) is 18.6 Å². The zero-order valence-corrected chi connectivity index (χ0v) is 7.36. The molecule has 0 aromatic carbocycles. The van der Waals surface area contributed by atoms with Crippen LogP contribution in [0.3, 0.4) is 0 Å². The van der Waals surface area contributed by atoms with Crippen LogP contribution < -0.4 is 5.48 Å². The SMILES string of the molecule is CONC1CCCS(=O)(=O)C1. The van der Waals surface area contributed by atoms with Gasteiger partial charge in [0.1, 0.15) is 0 Å². The van der Waals surface area contributed by atoms with Crippen LogP contribution in [0.25, 0.3) is 0 Å². The van der Waals surface area contributed by atoms with Crippen molar-refractivity contribution in [3.8, 4) is 0 Å². The summed E-state index contributed by atoms with van der Waals surface area (Å²) in [5, 5.41) is 0. The first kappa shape index (κ1) is 8.96. The third-order valence-corrected chi connectivity index (χ3v) is 3.57. The molecule has 11 heavy (non-hydrogen) atoms. The standard InChI is InChI=1S/C6H13NO3S/c1-10-7-6-3-2-4-11(8,9)5-6/h6-7H,2-5H2,1H3. The fraction of sp³-hybridized carbons (Fsp3) is 1.00. The first-order valence-electron chi connectivity index (χ1n) is 3.63. The molecule has 0 saturated carbocycles. The molecule has 0 aromatic rings. The molecular formula is C6H13NO3S. The van der Waals surface area contributed by atoms with E-state index in [1.807, 2.05) is 0 Å². The summed E-state index contributed by atoms with van der Waals surface area (Å²) in [4.78, 5) is 4.66. The van der Waals surface area contributed by atoms with Gasteiger partial charge in [-0.05, 0) is 12.8 Å². The van der Waals surface area contributed by atoms with Crippen molar-refractivity contribution in [1.29, 1.82) is 0 Å². The van der Waals surface area contributed by atoms with E-state index >= 15 is 0 Å². The van der Waals surface area contributed by atoms with Crippen LogP contribution >= 0.6 is 0 Å². The molecule has 0 aliphatic carbocycles. The van der Waals surface area contributed by atoms with E-state index in [-0.39, 0.29) is 11.8 Å². The van der Waals surface area contributed by atoms with E-state index in [0.717, 1.165) is 12.8 Å². The molecule has 1 fully saturated rings. The van der Waals surface area contributed by atoms with E-state index in [9.17, 15) is 8.42 Å². The molecule has 5 heteroatoms. The summed E-state index contributed by atoms with van der Waals surface area (Å²) >= 11 is 0. The molecule has 0 radical (unpaired) electrons. The van der Waals surface area contributed by atoms with Gasteiger partial charge in [0.2, 0.25) is 0 Å². The van der Waals surface area contributed by atoms with Crippen LogP contribution in [0.2, 0.25) is 0 Å². The number of hydrogen-bond donors (Lipinski definition) is 1. The third-order valence-electron chi connectivity index (χ3n) is 1.75. The summed E-state index contributed by atoms with van der Waals surface area (Å²) in [6, 6.07) is -0.0150. The molecule has 0 spiro atoms. The number of hydrogen-bond acceptors (Lipinski definition) is 4. The molecule has 66 valence electrons. The summed E-state index contributed by atoms with van der Waals surface area (Å²) in [6.07, 6.45) is 1.62. The van der Waals surface area contributed by atoms with E-state index in [0.29, 0.717) is 5.75 Å². The van der Waals surface area contributed by atoms with Crippen LogP contribution in [-0.2, 0) is 14.7 Å². The highest BCUT2D eigenvalue weighted by Gasteiger charge is 2.24. The van der Waals surface area contributed by atoms with Gasteiger partial charge < -0.3 is 4.84 Å². The number of nitrogens with one attached hydrogen (secondary N) is 1. The first-order chi connectivity index (χ1) is 5.14. The topological polar surface area (TPSA) is 55.4 Å². The van der Waals surface area contributed by atoms with Crippen molar-refractivity contribution in [2.24, 2.45) is 0 Å². The van der Waals surface area contributed by atoms with Crippen LogP contribution in [0.4, 0.5) is 0 Å². The maximum absolute atomic E-state index is 11.0. The van der Waals surface area contributed by atoms with Gasteiger partial charge in [0, 0.05) is 6.04 Å². The normalized spacial score (nSPS) is 30.1. The molecule has 1 aliphatic rings. The monoisotopic (exact) mass is 179 g/mol. The Hall–Kier alpha value is -0.130. The van der Waals surface area contributed by atoms with Crippen molar-refractivity contribution < 1.29 is 13.3 Å². The molecule has 0 amide bonds. The van der Waals surface area contributed by atoms with Gasteiger partial charge in [0.15, 0.2) is 9.84 Å². The maximum Gasteiger partial charge on any atom is 0.151 e. The molecular weight excluding hydrogens is 166 g/mol. The summed E-state index contributed by atoms with van der Waals surface area (Å²) < 4.78 is 22.1. The smallest absolute Gasteiger partial charge is 0.151 e. The minimum absolute atomic E-state index is 0.0150. The van der Waals surface area contributed by atoms with Gasteiger partial charge in [-0.1, -0.05) is 0 Å². The quantitative estimate of drug-likeness (QED) is 0.592. The Labute approximate surface area is 66.8 Å². The van der Waals surface area contributed by atoms with E-state index in [4.69, 9.17) is 0 Å². The van der Waals surface area contributed by atoms with Gasteiger partial charge in [-0.2, -0.15) is 5.48 Å². The molecule has 1 unspecified atom stereocenters. The fourth-order valence-corrected chi connectivity index (χ4v) is 2.90. The Morgan fingerprint density at radius 2 is 2.27 bits per heavy atom. The second-order valence-electron chi connectivity index (χ2n) is 2.78. The van der Waals surface area contributed by atoms with Crippen molar-refractivity contribution in [2.45, 2.75) is 18.9 Å². The second kappa shape index (κ2) is 3.51. The molecule has 4 nitrogen and oxygen atoms in total. The maximum atomic E-state index is 11.0. The van der Waals surface area contributed by atoms with Crippen molar-refractivity contribution >= 4 is 9.84 Å². The van der Waals surface area contributed by atoms with E-state index in [2.05, 4.69) is 10.3 Å². The summed E-state index contributed by atoms with van der Waals surface area (Å²) in [5.74, 6) is 0.537. The highest BCUT2D eigenvalue weighted by molar-refractivity contribution is 7.91. The second-order valence-corrected chi connectivity index (χ2v) is 5.00. The molecule has 1 heterocycles. The van der Waals surface area contributed by atoms with E-state index < -0.39 is 9.84 Å². The van der Waals surface area contributed by atoms with Gasteiger partial charge in [-0.3, -0.25) is 0 Å². The molecule has 1 rings (SSSR count). The lowest BCUT2D eigenvalue weighted by Crippen LogP contribution is -2.39. The highest BCUT2D eigenvalue weighted by atomic mass is 32.2. The molecule has 1 saturated heterocycles. The average Bonchev–Trinajstić information content (AvgIpc) is 1.85. The minimum atomic E-state index is -2.80. The average molecular weight is 179 g/mol. The molecule has 1 aliphatic heterocycles. The third kappa shape index (κ3) is 2.76. The van der Waals surface area contributed by atoms with Crippen LogP contribution in [0.1, 0.15) is 12.8 Å². The largest absolute Gasteiger partial charge is 0.305 e. The number of rotatable bonds is 2. The summed E-state index contributed by atoms with van der Waals surface area (Å²) in [6.45, 7) is 0. The van der Waals surface area contributed by atoms with Crippen LogP contribution in [0.15, 0.2) is 0 Å². The molecule has 0 aromatic heterocycles. The van der Waals surface area contributed by atoms with Crippen molar-refractivity contribution in [3.05, 3.63) is 0 Å². The Morgan fingerprint density at radius 1 is 1.55 bits per heavy atom. The highest BCUT2D eigenvalue weighted by Crippen LogP contribution is 2.11. The summed E-state index contributed by atoms with van der Waals surface area (Å²) in [5.41, 5.74) is 2.66. The zero-order chi connectivity index (χ0) is 8.32. The van der Waals surface area contributed by atoms with Crippen molar-refractivity contribution in [2.75, 3.05) is 18.6 Å². The minimum Gasteiger partial charge on any atom is -0.305 e. The van der Waals surface area contributed by atoms with E-state index in [1.54, 1.807) is 0 Å². The zero-order valence-electron chi connectivity index (χ0n) is 6.54. The molecule has 0 bridgehead atoms. The van der Waals surface area contributed by atoms with Crippen molar-refractivity contribution in [1.82, 2.24) is 5.48 Å². The fourth-order valence-electron chi connectivity index (χ4n) is 1.28. The van der Waals surface area contributed by atoms with Crippen LogP contribution in [-0.4, -0.2) is 33.1 Å². The number of hydroxylamine groups is 1. The molecule has 1 atom stereocenters. The van der Waals surface area contributed by atoms with Gasteiger partial charge in [-0.15, -0.1) is 0 Å². The Morgan fingerprint density at radius 3 is 2.82 bits per heavy atom. The predicted molar refractivity (Wildman–Crippen MR) is 41.8 cm³/mol. The Kier molecular flexibility index (Phi) is 2.86. The lowest BCUT2D eigenvalue weighted by atomic mass is 10.2. The van der Waals surface area contributed by atoms with Gasteiger partial charge >= 0.3 is 0 Å². The summed E-state index contributed by atoms with van der Waals surface area (Å²) in [7, 11) is -1.30. The lowest BCUT2D eigenvalue weighted by Gasteiger charge is -2.21. The Balaban J connectivity index is 2.47. The van der Waals surface area contributed by atoms with Crippen LogP contribution in [0.5, 0.6) is 0 Å². The predicted octanol–water partition coefficient (Wildman–Crippen LogP) is -0.285. The van der Waals surface area contributed by atoms with Gasteiger partial charge in [0.25, 0.3) is 0 Å². The van der Waals surface area contributed by atoms with Crippen LogP contribution in [0, 0.1) is 0 Å². The molecule has 1 N–H and O–H groups in total. The van der Waals surface area contributed by atoms with Crippen molar-refractivity contribution in [3.63, 3.8) is 0 Å². The Bertz CT molecular complexity index is 210. The van der Waals surface area contributed by atoms with Gasteiger partial charge in [-0.25, -0.2) is 8.42 Å². The van der Waals surface area contributed by atoms with E-state index in [1.165, 1.54) is 7.11 Å². The number of sulfone groups is 1.